The SMILES string of the molecule is O=C(Cc1cccc2ccccc12)NCC(=O)Nc1nnc(SCc2ccccc2)s1. The molecular weight excluding hydrogens is 428 g/mol. The Morgan fingerprint density at radius 1 is 0.871 bits per heavy atom. The summed E-state index contributed by atoms with van der Waals surface area (Å²) in [7, 11) is 0. The van der Waals surface area contributed by atoms with Crippen LogP contribution in [0.15, 0.2) is 77.1 Å². The average Bonchev–Trinajstić information content (AvgIpc) is 3.24. The zero-order chi connectivity index (χ0) is 21.5. The number of aromatic nitrogens is 2. The van der Waals surface area contributed by atoms with Crippen LogP contribution in [0, 0.1) is 0 Å². The van der Waals surface area contributed by atoms with Crippen molar-refractivity contribution >= 4 is 50.8 Å². The molecule has 31 heavy (non-hydrogen) atoms. The van der Waals surface area contributed by atoms with Crippen LogP contribution in [0.2, 0.25) is 0 Å². The third kappa shape index (κ3) is 5.90. The smallest absolute Gasteiger partial charge is 0.245 e. The van der Waals surface area contributed by atoms with Gasteiger partial charge in [-0.3, -0.25) is 14.9 Å². The zero-order valence-corrected chi connectivity index (χ0v) is 18.2. The molecule has 0 saturated heterocycles. The number of hydrogen-bond donors (Lipinski definition) is 2. The maximum absolute atomic E-state index is 12.3. The van der Waals surface area contributed by atoms with Gasteiger partial charge in [0.25, 0.3) is 0 Å². The van der Waals surface area contributed by atoms with Gasteiger partial charge in [0.15, 0.2) is 4.34 Å². The number of nitrogens with one attached hydrogen (secondary N) is 2. The van der Waals surface area contributed by atoms with Crippen molar-refractivity contribution in [1.29, 1.82) is 0 Å². The van der Waals surface area contributed by atoms with Gasteiger partial charge in [-0.05, 0) is 21.9 Å². The predicted molar refractivity (Wildman–Crippen MR) is 125 cm³/mol. The number of amides is 2. The quantitative estimate of drug-likeness (QED) is 0.310. The van der Waals surface area contributed by atoms with Crippen molar-refractivity contribution in [3.05, 3.63) is 83.9 Å². The van der Waals surface area contributed by atoms with Gasteiger partial charge in [-0.2, -0.15) is 0 Å². The molecule has 0 radical (unpaired) electrons. The fourth-order valence-corrected chi connectivity index (χ4v) is 4.79. The lowest BCUT2D eigenvalue weighted by molar-refractivity contribution is -0.123. The van der Waals surface area contributed by atoms with Crippen LogP contribution in [0.4, 0.5) is 5.13 Å². The highest BCUT2D eigenvalue weighted by Crippen LogP contribution is 2.28. The number of rotatable bonds is 8. The molecule has 0 unspecified atom stereocenters. The second kappa shape index (κ2) is 10.2. The van der Waals surface area contributed by atoms with E-state index in [-0.39, 0.29) is 24.8 Å². The molecule has 1 heterocycles. The first-order valence-corrected chi connectivity index (χ1v) is 11.5. The molecule has 156 valence electrons. The van der Waals surface area contributed by atoms with E-state index in [0.29, 0.717) is 5.13 Å². The van der Waals surface area contributed by atoms with Crippen LogP contribution in [0.25, 0.3) is 10.8 Å². The summed E-state index contributed by atoms with van der Waals surface area (Å²) in [6.45, 7) is -0.115. The summed E-state index contributed by atoms with van der Waals surface area (Å²) < 4.78 is 0.777. The summed E-state index contributed by atoms with van der Waals surface area (Å²) in [5.74, 6) is 0.248. The third-order valence-electron chi connectivity index (χ3n) is 4.54. The molecule has 0 aliphatic carbocycles. The minimum absolute atomic E-state index is 0.115. The maximum atomic E-state index is 12.3. The molecule has 0 bridgehead atoms. The van der Waals surface area contributed by atoms with Crippen molar-refractivity contribution in [1.82, 2.24) is 15.5 Å². The minimum atomic E-state index is -0.331. The number of thioether (sulfide) groups is 1. The molecule has 1 aromatic heterocycles. The molecule has 4 rings (SSSR count). The summed E-state index contributed by atoms with van der Waals surface area (Å²) in [6.07, 6.45) is 0.216. The fourth-order valence-electron chi connectivity index (χ4n) is 3.06. The van der Waals surface area contributed by atoms with Crippen molar-refractivity contribution < 1.29 is 9.59 Å². The molecular formula is C23H20N4O2S2. The van der Waals surface area contributed by atoms with Crippen LogP contribution in [-0.2, 0) is 21.8 Å². The largest absolute Gasteiger partial charge is 0.347 e. The second-order valence-electron chi connectivity index (χ2n) is 6.79. The Balaban J connectivity index is 1.24. The average molecular weight is 449 g/mol. The Labute approximate surface area is 188 Å². The summed E-state index contributed by atoms with van der Waals surface area (Å²) in [5, 5.41) is 16.0. The van der Waals surface area contributed by atoms with E-state index >= 15 is 0 Å². The molecule has 0 aliphatic rings. The van der Waals surface area contributed by atoms with Gasteiger partial charge in [-0.25, -0.2) is 0 Å². The van der Waals surface area contributed by atoms with Gasteiger partial charge in [-0.1, -0.05) is 95.9 Å². The molecule has 6 nitrogen and oxygen atoms in total. The summed E-state index contributed by atoms with van der Waals surface area (Å²) in [5.41, 5.74) is 2.13. The van der Waals surface area contributed by atoms with Crippen LogP contribution in [-0.4, -0.2) is 28.6 Å². The lowest BCUT2D eigenvalue weighted by atomic mass is 10.0. The maximum Gasteiger partial charge on any atom is 0.245 e. The Bertz CT molecular complexity index is 1190. The molecule has 0 spiro atoms. The Morgan fingerprint density at radius 3 is 2.52 bits per heavy atom. The highest BCUT2D eigenvalue weighted by molar-refractivity contribution is 8.00. The Morgan fingerprint density at radius 2 is 1.65 bits per heavy atom. The van der Waals surface area contributed by atoms with Gasteiger partial charge in [0.05, 0.1) is 13.0 Å². The highest BCUT2D eigenvalue weighted by atomic mass is 32.2. The first kappa shape index (κ1) is 21.0. The van der Waals surface area contributed by atoms with Crippen molar-refractivity contribution in [3.8, 4) is 0 Å². The molecule has 0 saturated carbocycles. The monoisotopic (exact) mass is 448 g/mol. The zero-order valence-electron chi connectivity index (χ0n) is 16.6. The van der Waals surface area contributed by atoms with Gasteiger partial charge in [0.2, 0.25) is 16.9 Å². The molecule has 0 fully saturated rings. The van der Waals surface area contributed by atoms with E-state index in [2.05, 4.69) is 33.0 Å². The van der Waals surface area contributed by atoms with Gasteiger partial charge in [-0.15, -0.1) is 10.2 Å². The lowest BCUT2D eigenvalue weighted by Crippen LogP contribution is -2.33. The third-order valence-corrected chi connectivity index (χ3v) is 6.58. The van der Waals surface area contributed by atoms with Crippen LogP contribution in [0.3, 0.4) is 0 Å². The van der Waals surface area contributed by atoms with E-state index < -0.39 is 0 Å². The number of fused-ring (bicyclic) bond motifs is 1. The standard InChI is InChI=1S/C23H20N4O2S2/c28-20(13-18-11-6-10-17-9-4-5-12-19(17)18)24-14-21(29)25-22-26-27-23(31-22)30-15-16-7-2-1-3-8-16/h1-12H,13-15H2,(H,24,28)(H,25,26,29). The second-order valence-corrected chi connectivity index (χ2v) is 8.99. The van der Waals surface area contributed by atoms with Crippen LogP contribution in [0.1, 0.15) is 11.1 Å². The van der Waals surface area contributed by atoms with E-state index in [4.69, 9.17) is 0 Å². The first-order valence-electron chi connectivity index (χ1n) is 9.71. The number of anilines is 1. The van der Waals surface area contributed by atoms with E-state index in [1.54, 1.807) is 11.8 Å². The topological polar surface area (TPSA) is 84.0 Å². The number of carbonyl (C=O) groups excluding carboxylic acids is 2. The molecule has 4 aromatic rings. The van der Waals surface area contributed by atoms with Crippen molar-refractivity contribution in [3.63, 3.8) is 0 Å². The first-order chi connectivity index (χ1) is 15.2. The van der Waals surface area contributed by atoms with Crippen molar-refractivity contribution in [2.45, 2.75) is 16.5 Å². The number of carbonyl (C=O) groups is 2. The van der Waals surface area contributed by atoms with Crippen molar-refractivity contribution in [2.75, 3.05) is 11.9 Å². The number of hydrogen-bond acceptors (Lipinski definition) is 6. The van der Waals surface area contributed by atoms with Crippen LogP contribution < -0.4 is 10.6 Å². The van der Waals surface area contributed by atoms with E-state index in [9.17, 15) is 9.59 Å². The molecule has 2 N–H and O–H groups in total. The molecule has 0 atom stereocenters. The highest BCUT2D eigenvalue weighted by Gasteiger charge is 2.11. The van der Waals surface area contributed by atoms with Crippen molar-refractivity contribution in [2.24, 2.45) is 0 Å². The number of nitrogens with zero attached hydrogens (tertiary/aromatic N) is 2. The van der Waals surface area contributed by atoms with E-state index in [0.717, 1.165) is 26.4 Å². The predicted octanol–water partition coefficient (Wildman–Crippen LogP) is 4.28. The molecule has 8 heteroatoms. The summed E-state index contributed by atoms with van der Waals surface area (Å²) in [6, 6.07) is 23.9. The normalized spacial score (nSPS) is 10.7. The van der Waals surface area contributed by atoms with Gasteiger partial charge < -0.3 is 5.32 Å². The van der Waals surface area contributed by atoms with Crippen LogP contribution >= 0.6 is 23.1 Å². The van der Waals surface area contributed by atoms with Gasteiger partial charge in [0.1, 0.15) is 0 Å². The van der Waals surface area contributed by atoms with Gasteiger partial charge >= 0.3 is 0 Å². The Hall–Kier alpha value is -3.23. The molecule has 0 aliphatic heterocycles. The Kier molecular flexibility index (Phi) is 6.91. The minimum Gasteiger partial charge on any atom is -0.347 e. The number of benzene rings is 3. The summed E-state index contributed by atoms with van der Waals surface area (Å²) in [4.78, 5) is 24.5. The molecule has 2 amide bonds. The van der Waals surface area contributed by atoms with Gasteiger partial charge in [0, 0.05) is 5.75 Å². The van der Waals surface area contributed by atoms with Crippen LogP contribution in [0.5, 0.6) is 0 Å². The summed E-state index contributed by atoms with van der Waals surface area (Å²) >= 11 is 2.88. The lowest BCUT2D eigenvalue weighted by Gasteiger charge is -2.07. The molecule has 3 aromatic carbocycles. The van der Waals surface area contributed by atoms with E-state index in [1.165, 1.54) is 16.9 Å². The fraction of sp³-hybridized carbons (Fsp3) is 0.130. The van der Waals surface area contributed by atoms with E-state index in [1.807, 2.05) is 60.7 Å².